The van der Waals surface area contributed by atoms with Crippen molar-refractivity contribution in [3.05, 3.63) is 63.4 Å². The van der Waals surface area contributed by atoms with Gasteiger partial charge in [0.1, 0.15) is 0 Å². The molecule has 3 rings (SSSR count). The van der Waals surface area contributed by atoms with Crippen LogP contribution in [0.5, 0.6) is 0 Å². The molecule has 1 aromatic carbocycles. The summed E-state index contributed by atoms with van der Waals surface area (Å²) in [5.41, 5.74) is 1.53. The van der Waals surface area contributed by atoms with Gasteiger partial charge in [-0.25, -0.2) is 4.79 Å². The fraction of sp³-hybridized carbons (Fsp3) is 0.364. The van der Waals surface area contributed by atoms with Crippen LogP contribution >= 0.6 is 23.2 Å². The van der Waals surface area contributed by atoms with Crippen LogP contribution in [0.4, 0.5) is 23.7 Å². The van der Waals surface area contributed by atoms with Crippen LogP contribution in [0.3, 0.4) is 0 Å². The van der Waals surface area contributed by atoms with Crippen molar-refractivity contribution >= 4 is 40.5 Å². The summed E-state index contributed by atoms with van der Waals surface area (Å²) in [7, 11) is 0. The van der Waals surface area contributed by atoms with Crippen LogP contribution in [-0.4, -0.2) is 51.9 Å². The minimum Gasteiger partial charge on any atom is -0.394 e. The maximum atomic E-state index is 12.8. The molecule has 1 atom stereocenters. The summed E-state index contributed by atoms with van der Waals surface area (Å²) >= 11 is 12.1. The quantitative estimate of drug-likeness (QED) is 0.516. The molecule has 33 heavy (non-hydrogen) atoms. The van der Waals surface area contributed by atoms with Gasteiger partial charge in [0.2, 0.25) is 0 Å². The highest BCUT2D eigenvalue weighted by atomic mass is 35.5. The Morgan fingerprint density at radius 3 is 2.58 bits per heavy atom. The van der Waals surface area contributed by atoms with Gasteiger partial charge < -0.3 is 20.4 Å². The zero-order chi connectivity index (χ0) is 24.2. The smallest absolute Gasteiger partial charge is 0.394 e. The molecule has 0 aliphatic carbocycles. The first-order chi connectivity index (χ1) is 15.6. The van der Waals surface area contributed by atoms with Crippen LogP contribution in [0.2, 0.25) is 10.0 Å². The van der Waals surface area contributed by atoms with Crippen molar-refractivity contribution in [2.45, 2.75) is 31.5 Å². The molecule has 0 spiro atoms. The molecule has 1 aromatic heterocycles. The lowest BCUT2D eigenvalue weighted by atomic mass is 10.0. The fourth-order valence-corrected chi connectivity index (χ4v) is 3.97. The maximum absolute atomic E-state index is 12.8. The number of aryl methyl sites for hydroxylation is 1. The number of urea groups is 1. The predicted octanol–water partition coefficient (Wildman–Crippen LogP) is 5.01. The first-order valence-corrected chi connectivity index (χ1v) is 10.9. The van der Waals surface area contributed by atoms with Crippen molar-refractivity contribution in [1.82, 2.24) is 9.88 Å². The fourth-order valence-electron chi connectivity index (χ4n) is 3.37. The predicted molar refractivity (Wildman–Crippen MR) is 120 cm³/mol. The molecule has 2 heterocycles. The Morgan fingerprint density at radius 2 is 2.00 bits per heavy atom. The van der Waals surface area contributed by atoms with Gasteiger partial charge in [-0.1, -0.05) is 29.3 Å². The van der Waals surface area contributed by atoms with E-state index in [0.717, 1.165) is 29.3 Å². The lowest BCUT2D eigenvalue weighted by molar-refractivity contribution is -0.137. The summed E-state index contributed by atoms with van der Waals surface area (Å²) in [5, 5.41) is 20.9. The lowest BCUT2D eigenvalue weighted by Crippen LogP contribution is -2.38. The molecule has 0 bridgehead atoms. The second-order valence-corrected chi connectivity index (χ2v) is 8.41. The summed E-state index contributed by atoms with van der Waals surface area (Å²) in [4.78, 5) is 18.4. The van der Waals surface area contributed by atoms with Crippen LogP contribution < -0.4 is 5.32 Å². The van der Waals surface area contributed by atoms with E-state index >= 15 is 0 Å². The topological polar surface area (TPSA) is 85.7 Å². The maximum Gasteiger partial charge on any atom is 0.417 e. The van der Waals surface area contributed by atoms with Gasteiger partial charge in [-0.05, 0) is 54.7 Å². The molecule has 2 amide bonds. The number of aromatic nitrogens is 1. The van der Waals surface area contributed by atoms with E-state index in [1.165, 1.54) is 4.90 Å². The van der Waals surface area contributed by atoms with Crippen molar-refractivity contribution in [2.24, 2.45) is 0 Å². The Bertz CT molecular complexity index is 1050. The number of nitrogens with one attached hydrogen (secondary N) is 1. The van der Waals surface area contributed by atoms with E-state index in [1.54, 1.807) is 12.3 Å². The normalized spacial score (nSPS) is 15.2. The zero-order valence-corrected chi connectivity index (χ0v) is 18.9. The molecule has 0 saturated heterocycles. The number of benzene rings is 1. The number of halogens is 5. The molecule has 6 nitrogen and oxygen atoms in total. The molecule has 11 heteroatoms. The van der Waals surface area contributed by atoms with Crippen LogP contribution in [0.1, 0.15) is 29.7 Å². The molecule has 1 aliphatic rings. The first kappa shape index (κ1) is 25.3. The number of hydrogen-bond donors (Lipinski definition) is 3. The van der Waals surface area contributed by atoms with Gasteiger partial charge in [0.25, 0.3) is 0 Å². The molecule has 3 N–H and O–H groups in total. The standard InChI is InChI=1S/C22H22Cl2F3N3O3/c23-18-10-15(2-4-17(18)22(25,26)27)29-21(33)30-7-5-14(6-8-30)20-19(24)9-13(11-28-20)1-3-16(32)12-31/h2,4-5,9-11,16,31-32H,1,3,6-8,12H2,(H,29,33)/t16-/m1/s1. The van der Waals surface area contributed by atoms with E-state index < -0.39 is 28.9 Å². The van der Waals surface area contributed by atoms with Crippen molar-refractivity contribution in [1.29, 1.82) is 0 Å². The van der Waals surface area contributed by atoms with E-state index in [-0.39, 0.29) is 18.8 Å². The molecule has 178 valence electrons. The number of carbonyl (C=O) groups is 1. The average Bonchev–Trinajstić information content (AvgIpc) is 2.76. The Hall–Kier alpha value is -2.33. The summed E-state index contributed by atoms with van der Waals surface area (Å²) in [6, 6.07) is 4.36. The first-order valence-electron chi connectivity index (χ1n) is 10.1. The van der Waals surface area contributed by atoms with Gasteiger partial charge in [0, 0.05) is 25.0 Å². The summed E-state index contributed by atoms with van der Waals surface area (Å²) in [6.45, 7) is 0.342. The highest BCUT2D eigenvalue weighted by molar-refractivity contribution is 6.32. The number of pyridine rings is 1. The van der Waals surface area contributed by atoms with E-state index in [1.807, 2.05) is 6.08 Å². The molecule has 0 saturated carbocycles. The van der Waals surface area contributed by atoms with Crippen LogP contribution in [-0.2, 0) is 12.6 Å². The molecule has 2 aromatic rings. The van der Waals surface area contributed by atoms with Crippen molar-refractivity contribution < 1.29 is 28.2 Å². The van der Waals surface area contributed by atoms with E-state index in [4.69, 9.17) is 28.3 Å². The number of nitrogens with zero attached hydrogens (tertiary/aromatic N) is 2. The average molecular weight is 504 g/mol. The van der Waals surface area contributed by atoms with Crippen molar-refractivity contribution in [3.63, 3.8) is 0 Å². The Labute approximate surface area is 198 Å². The number of carbonyl (C=O) groups excluding carboxylic acids is 1. The lowest BCUT2D eigenvalue weighted by Gasteiger charge is -2.27. The molecule has 0 radical (unpaired) electrons. The third-order valence-electron chi connectivity index (χ3n) is 5.20. The second-order valence-electron chi connectivity index (χ2n) is 7.60. The molecule has 0 fully saturated rings. The van der Waals surface area contributed by atoms with E-state index in [2.05, 4.69) is 10.3 Å². The summed E-state index contributed by atoms with van der Waals surface area (Å²) in [6.07, 6.45) is -0.454. The minimum absolute atomic E-state index is 0.166. The number of hydrogen-bond acceptors (Lipinski definition) is 4. The van der Waals surface area contributed by atoms with E-state index in [0.29, 0.717) is 36.5 Å². The molecule has 1 aliphatic heterocycles. The molecular weight excluding hydrogens is 482 g/mol. The van der Waals surface area contributed by atoms with Gasteiger partial charge >= 0.3 is 12.2 Å². The molecule has 0 unspecified atom stereocenters. The highest BCUT2D eigenvalue weighted by Crippen LogP contribution is 2.36. The second kappa shape index (κ2) is 10.7. The number of anilines is 1. The Balaban J connectivity index is 1.61. The third-order valence-corrected chi connectivity index (χ3v) is 5.80. The summed E-state index contributed by atoms with van der Waals surface area (Å²) in [5.74, 6) is 0. The van der Waals surface area contributed by atoms with Crippen molar-refractivity contribution in [2.75, 3.05) is 25.0 Å². The Morgan fingerprint density at radius 1 is 1.24 bits per heavy atom. The summed E-state index contributed by atoms with van der Waals surface area (Å²) < 4.78 is 38.5. The van der Waals surface area contributed by atoms with Crippen LogP contribution in [0.15, 0.2) is 36.5 Å². The number of rotatable bonds is 6. The monoisotopic (exact) mass is 503 g/mol. The number of aliphatic hydroxyl groups excluding tert-OH is 2. The van der Waals surface area contributed by atoms with Crippen LogP contribution in [0.25, 0.3) is 5.57 Å². The van der Waals surface area contributed by atoms with Gasteiger partial charge in [-0.15, -0.1) is 0 Å². The van der Waals surface area contributed by atoms with Gasteiger partial charge in [-0.2, -0.15) is 13.2 Å². The van der Waals surface area contributed by atoms with Crippen LogP contribution in [0, 0.1) is 0 Å². The number of alkyl halides is 3. The van der Waals surface area contributed by atoms with Gasteiger partial charge in [0.05, 0.1) is 34.0 Å². The van der Waals surface area contributed by atoms with Crippen molar-refractivity contribution in [3.8, 4) is 0 Å². The van der Waals surface area contributed by atoms with Gasteiger partial charge in [0.15, 0.2) is 0 Å². The number of aliphatic hydroxyl groups is 2. The minimum atomic E-state index is -4.57. The Kier molecular flexibility index (Phi) is 8.23. The zero-order valence-electron chi connectivity index (χ0n) is 17.4. The van der Waals surface area contributed by atoms with E-state index in [9.17, 15) is 23.1 Å². The highest BCUT2D eigenvalue weighted by Gasteiger charge is 2.33. The SMILES string of the molecule is O=C(Nc1ccc(C(F)(F)F)c(Cl)c1)N1CC=C(c2ncc(CC[C@@H](O)CO)cc2Cl)CC1. The third kappa shape index (κ3) is 6.60. The number of amides is 2. The molecular formula is C22H22Cl2F3N3O3. The van der Waals surface area contributed by atoms with Gasteiger partial charge in [-0.3, -0.25) is 4.98 Å². The largest absolute Gasteiger partial charge is 0.417 e.